The van der Waals surface area contributed by atoms with Crippen molar-refractivity contribution in [3.05, 3.63) is 40.5 Å². The molecule has 0 atom stereocenters. The van der Waals surface area contributed by atoms with Crippen LogP contribution in [0.25, 0.3) is 21.7 Å². The van der Waals surface area contributed by atoms with Crippen molar-refractivity contribution in [1.82, 2.24) is 9.97 Å². The van der Waals surface area contributed by atoms with E-state index in [1.54, 1.807) is 17.4 Å². The zero-order chi connectivity index (χ0) is 12.8. The van der Waals surface area contributed by atoms with Gasteiger partial charge in [-0.25, -0.2) is 9.37 Å². The first-order chi connectivity index (χ1) is 9.31. The summed E-state index contributed by atoms with van der Waals surface area (Å²) in [5.41, 5.74) is 2.65. The summed E-state index contributed by atoms with van der Waals surface area (Å²) < 4.78 is 13.7. The Morgan fingerprint density at radius 2 is 2.11 bits per heavy atom. The Bertz CT molecular complexity index is 733. The van der Waals surface area contributed by atoms with Gasteiger partial charge in [0.1, 0.15) is 11.3 Å². The van der Waals surface area contributed by atoms with Crippen LogP contribution in [0.2, 0.25) is 0 Å². The van der Waals surface area contributed by atoms with Gasteiger partial charge in [0.05, 0.1) is 10.4 Å². The highest BCUT2D eigenvalue weighted by atomic mass is 32.1. The highest BCUT2D eigenvalue weighted by Crippen LogP contribution is 2.35. The van der Waals surface area contributed by atoms with Gasteiger partial charge in [-0.15, -0.1) is 11.3 Å². The van der Waals surface area contributed by atoms with Crippen molar-refractivity contribution in [3.63, 3.8) is 0 Å². The van der Waals surface area contributed by atoms with E-state index in [4.69, 9.17) is 0 Å². The maximum absolute atomic E-state index is 13.7. The van der Waals surface area contributed by atoms with Crippen molar-refractivity contribution in [2.24, 2.45) is 0 Å². The molecular weight excluding hydrogens is 259 g/mol. The number of halogens is 1. The number of aromatic nitrogens is 2. The van der Waals surface area contributed by atoms with Crippen molar-refractivity contribution in [3.8, 4) is 10.7 Å². The quantitative estimate of drug-likeness (QED) is 0.702. The fourth-order valence-electron chi connectivity index (χ4n) is 2.72. The van der Waals surface area contributed by atoms with Crippen molar-refractivity contribution in [1.29, 1.82) is 0 Å². The number of hydrogen-bond acceptors (Lipinski definition) is 2. The second kappa shape index (κ2) is 4.17. The molecule has 0 saturated heterocycles. The molecule has 96 valence electrons. The number of benzene rings is 1. The molecular formula is C15H13FN2S. The van der Waals surface area contributed by atoms with E-state index in [-0.39, 0.29) is 5.82 Å². The number of hydrogen-bond donors (Lipinski definition) is 1. The summed E-state index contributed by atoms with van der Waals surface area (Å²) in [7, 11) is 0. The molecule has 0 amide bonds. The second-order valence-electron chi connectivity index (χ2n) is 4.99. The topological polar surface area (TPSA) is 28.7 Å². The second-order valence-corrected chi connectivity index (χ2v) is 6.12. The molecule has 3 aromatic rings. The monoisotopic (exact) mass is 272 g/mol. The van der Waals surface area contributed by atoms with Crippen molar-refractivity contribution >= 4 is 22.4 Å². The van der Waals surface area contributed by atoms with Gasteiger partial charge < -0.3 is 4.98 Å². The van der Waals surface area contributed by atoms with Crippen LogP contribution < -0.4 is 0 Å². The van der Waals surface area contributed by atoms with Gasteiger partial charge in [-0.3, -0.25) is 0 Å². The number of nitrogens with one attached hydrogen (secondary N) is 1. The molecule has 0 fully saturated rings. The molecule has 1 N–H and O–H groups in total. The maximum atomic E-state index is 13.7. The number of rotatable bonds is 1. The fraction of sp³-hybridized carbons (Fsp3) is 0.267. The molecule has 0 radical (unpaired) electrons. The summed E-state index contributed by atoms with van der Waals surface area (Å²) in [5, 5.41) is 0. The maximum Gasteiger partial charge on any atom is 0.151 e. The van der Waals surface area contributed by atoms with Crippen LogP contribution in [0, 0.1) is 5.82 Å². The van der Waals surface area contributed by atoms with Crippen LogP contribution in [-0.4, -0.2) is 9.97 Å². The third-order valence-electron chi connectivity index (χ3n) is 3.69. The highest BCUT2D eigenvalue weighted by molar-refractivity contribution is 7.15. The SMILES string of the molecule is Fc1cccc2[nH]c(-c3cc4c(s3)CCCC4)nc12. The number of H-pyrrole nitrogens is 1. The first-order valence-corrected chi connectivity index (χ1v) is 7.39. The Morgan fingerprint density at radius 3 is 2.95 bits per heavy atom. The summed E-state index contributed by atoms with van der Waals surface area (Å²) in [4.78, 5) is 10.2. The smallest absolute Gasteiger partial charge is 0.151 e. The molecule has 4 rings (SSSR count). The van der Waals surface area contributed by atoms with E-state index in [0.717, 1.165) is 16.2 Å². The zero-order valence-electron chi connectivity index (χ0n) is 10.4. The van der Waals surface area contributed by atoms with E-state index in [1.807, 2.05) is 6.07 Å². The Hall–Kier alpha value is -1.68. The van der Waals surface area contributed by atoms with Crippen molar-refractivity contribution in [2.75, 3.05) is 0 Å². The Morgan fingerprint density at radius 1 is 1.21 bits per heavy atom. The fourth-order valence-corrected chi connectivity index (χ4v) is 3.92. The van der Waals surface area contributed by atoms with Gasteiger partial charge in [0.15, 0.2) is 5.82 Å². The lowest BCUT2D eigenvalue weighted by Crippen LogP contribution is -1.96. The van der Waals surface area contributed by atoms with E-state index >= 15 is 0 Å². The first kappa shape index (κ1) is 11.2. The molecule has 2 aromatic heterocycles. The van der Waals surface area contributed by atoms with Gasteiger partial charge in [-0.1, -0.05) is 6.07 Å². The van der Waals surface area contributed by atoms with Gasteiger partial charge in [0.2, 0.25) is 0 Å². The molecule has 4 heteroatoms. The third-order valence-corrected chi connectivity index (χ3v) is 4.94. The molecule has 0 spiro atoms. The molecule has 0 aliphatic heterocycles. The predicted molar refractivity (Wildman–Crippen MR) is 76.0 cm³/mol. The van der Waals surface area contributed by atoms with Crippen LogP contribution in [0.4, 0.5) is 4.39 Å². The Balaban J connectivity index is 1.85. The Kier molecular flexibility index (Phi) is 2.45. The van der Waals surface area contributed by atoms with Gasteiger partial charge in [0, 0.05) is 4.88 Å². The molecule has 1 aromatic carbocycles. The lowest BCUT2D eigenvalue weighted by atomic mass is 9.99. The van der Waals surface area contributed by atoms with Gasteiger partial charge in [-0.05, 0) is 49.4 Å². The number of thiophene rings is 1. The lowest BCUT2D eigenvalue weighted by molar-refractivity contribution is 0.637. The van der Waals surface area contributed by atoms with E-state index in [1.165, 1.54) is 42.2 Å². The third kappa shape index (κ3) is 1.78. The van der Waals surface area contributed by atoms with Crippen molar-refractivity contribution in [2.45, 2.75) is 25.7 Å². The standard InChI is InChI=1S/C15H13FN2S/c16-10-5-3-6-11-14(10)18-15(17-11)13-8-9-4-1-2-7-12(9)19-13/h3,5-6,8H,1-2,4,7H2,(H,17,18). The van der Waals surface area contributed by atoms with Crippen LogP contribution >= 0.6 is 11.3 Å². The van der Waals surface area contributed by atoms with Crippen LogP contribution in [0.1, 0.15) is 23.3 Å². The minimum Gasteiger partial charge on any atom is -0.337 e. The summed E-state index contributed by atoms with van der Waals surface area (Å²) in [6.45, 7) is 0. The molecule has 19 heavy (non-hydrogen) atoms. The lowest BCUT2D eigenvalue weighted by Gasteiger charge is -2.08. The van der Waals surface area contributed by atoms with Crippen LogP contribution in [-0.2, 0) is 12.8 Å². The van der Waals surface area contributed by atoms with E-state index in [9.17, 15) is 4.39 Å². The Labute approximate surface area is 114 Å². The number of aryl methyl sites for hydroxylation is 2. The molecule has 1 aliphatic carbocycles. The number of nitrogens with zero attached hydrogens (tertiary/aromatic N) is 1. The van der Waals surface area contributed by atoms with Gasteiger partial charge >= 0.3 is 0 Å². The van der Waals surface area contributed by atoms with E-state index in [2.05, 4.69) is 16.0 Å². The van der Waals surface area contributed by atoms with E-state index < -0.39 is 0 Å². The molecule has 0 unspecified atom stereocenters. The van der Waals surface area contributed by atoms with Gasteiger partial charge in [-0.2, -0.15) is 0 Å². The molecule has 1 aliphatic rings. The van der Waals surface area contributed by atoms with Crippen LogP contribution in [0.5, 0.6) is 0 Å². The number of aromatic amines is 1. The number of imidazole rings is 1. The predicted octanol–water partition coefficient (Wildman–Crippen LogP) is 4.31. The first-order valence-electron chi connectivity index (χ1n) is 6.57. The average Bonchev–Trinajstić information content (AvgIpc) is 3.02. The normalized spacial score (nSPS) is 14.8. The molecule has 2 heterocycles. The average molecular weight is 272 g/mol. The number of para-hydroxylation sites is 1. The van der Waals surface area contributed by atoms with Crippen LogP contribution in [0.15, 0.2) is 24.3 Å². The summed E-state index contributed by atoms with van der Waals surface area (Å²) in [6, 6.07) is 7.24. The summed E-state index contributed by atoms with van der Waals surface area (Å²) in [6.07, 6.45) is 4.90. The molecule has 2 nitrogen and oxygen atoms in total. The van der Waals surface area contributed by atoms with Crippen molar-refractivity contribution < 1.29 is 4.39 Å². The number of fused-ring (bicyclic) bond motifs is 2. The molecule has 0 saturated carbocycles. The van der Waals surface area contributed by atoms with Crippen LogP contribution in [0.3, 0.4) is 0 Å². The van der Waals surface area contributed by atoms with Gasteiger partial charge in [0.25, 0.3) is 0 Å². The largest absolute Gasteiger partial charge is 0.337 e. The zero-order valence-corrected chi connectivity index (χ0v) is 11.2. The minimum atomic E-state index is -0.263. The van der Waals surface area contributed by atoms with E-state index in [0.29, 0.717) is 5.52 Å². The summed E-state index contributed by atoms with van der Waals surface area (Å²) in [5.74, 6) is 0.529. The minimum absolute atomic E-state index is 0.263. The molecule has 0 bridgehead atoms. The highest BCUT2D eigenvalue weighted by Gasteiger charge is 2.16. The summed E-state index contributed by atoms with van der Waals surface area (Å²) >= 11 is 1.79.